The van der Waals surface area contributed by atoms with Gasteiger partial charge in [0.15, 0.2) is 0 Å². The molecule has 0 radical (unpaired) electrons. The lowest BCUT2D eigenvalue weighted by atomic mass is 10.2. The molecule has 1 unspecified atom stereocenters. The predicted molar refractivity (Wildman–Crippen MR) is 66.8 cm³/mol. The minimum atomic E-state index is -3.16. The zero-order valence-electron chi connectivity index (χ0n) is 10.6. The third-order valence-corrected chi connectivity index (χ3v) is 3.38. The number of aliphatic carboxylic acids is 1. The van der Waals surface area contributed by atoms with E-state index in [1.54, 1.807) is 6.92 Å². The molecule has 0 spiro atoms. The molecule has 0 aliphatic carbocycles. The van der Waals surface area contributed by atoms with Gasteiger partial charge < -0.3 is 15.7 Å². The van der Waals surface area contributed by atoms with Gasteiger partial charge in [-0.15, -0.1) is 0 Å². The van der Waals surface area contributed by atoms with Gasteiger partial charge in [-0.25, -0.2) is 8.42 Å². The van der Waals surface area contributed by atoms with Crippen molar-refractivity contribution < 1.29 is 23.1 Å². The standard InChI is InChI=1S/C10H20N2O5S/c1-3-12(6-4-9(13)14)10(15)8(11)5-7-18(2,16)17/h8H,3-7,11H2,1-2H3,(H,13,14). The smallest absolute Gasteiger partial charge is 0.305 e. The van der Waals surface area contributed by atoms with Crippen LogP contribution in [0.3, 0.4) is 0 Å². The summed E-state index contributed by atoms with van der Waals surface area (Å²) in [5.74, 6) is -1.57. The fourth-order valence-corrected chi connectivity index (χ4v) is 2.04. The zero-order valence-corrected chi connectivity index (χ0v) is 11.4. The number of likely N-dealkylation sites (N-methyl/N-ethyl adjacent to an activating group) is 1. The maximum absolute atomic E-state index is 11.8. The second-order valence-corrected chi connectivity index (χ2v) is 6.35. The van der Waals surface area contributed by atoms with Gasteiger partial charge in [0.2, 0.25) is 5.91 Å². The maximum atomic E-state index is 11.8. The molecule has 1 amide bonds. The van der Waals surface area contributed by atoms with E-state index in [4.69, 9.17) is 10.8 Å². The molecule has 0 heterocycles. The van der Waals surface area contributed by atoms with Crippen LogP contribution in [0.1, 0.15) is 19.8 Å². The molecule has 18 heavy (non-hydrogen) atoms. The molecule has 0 bridgehead atoms. The fourth-order valence-electron chi connectivity index (χ4n) is 1.35. The van der Waals surface area contributed by atoms with Gasteiger partial charge in [0.1, 0.15) is 9.84 Å². The molecule has 0 aliphatic heterocycles. The number of carboxylic acid groups (broad SMARTS) is 1. The first kappa shape index (κ1) is 16.9. The van der Waals surface area contributed by atoms with Gasteiger partial charge in [-0.1, -0.05) is 0 Å². The van der Waals surface area contributed by atoms with Crippen molar-refractivity contribution in [2.24, 2.45) is 5.73 Å². The SMILES string of the molecule is CCN(CCC(=O)O)C(=O)C(N)CCS(C)(=O)=O. The van der Waals surface area contributed by atoms with Gasteiger partial charge in [-0.05, 0) is 13.3 Å². The Bertz CT molecular complexity index is 393. The van der Waals surface area contributed by atoms with Gasteiger partial charge in [-0.3, -0.25) is 9.59 Å². The third kappa shape index (κ3) is 7.23. The van der Waals surface area contributed by atoms with E-state index in [1.165, 1.54) is 4.90 Å². The topological polar surface area (TPSA) is 118 Å². The van der Waals surface area contributed by atoms with Crippen molar-refractivity contribution >= 4 is 21.7 Å². The lowest BCUT2D eigenvalue weighted by Crippen LogP contribution is -2.45. The molecule has 0 aliphatic rings. The van der Waals surface area contributed by atoms with Gasteiger partial charge in [0.25, 0.3) is 0 Å². The molecule has 106 valence electrons. The summed E-state index contributed by atoms with van der Waals surface area (Å²) >= 11 is 0. The van der Waals surface area contributed by atoms with Gasteiger partial charge in [0, 0.05) is 19.3 Å². The molecule has 0 saturated heterocycles. The number of hydrogen-bond acceptors (Lipinski definition) is 5. The molecule has 0 aromatic carbocycles. The van der Waals surface area contributed by atoms with Crippen molar-refractivity contribution in [1.82, 2.24) is 4.90 Å². The Kier molecular flexibility index (Phi) is 6.85. The Morgan fingerprint density at radius 3 is 2.33 bits per heavy atom. The summed E-state index contributed by atoms with van der Waals surface area (Å²) in [7, 11) is -3.16. The monoisotopic (exact) mass is 280 g/mol. The largest absolute Gasteiger partial charge is 0.481 e. The van der Waals surface area contributed by atoms with Crippen LogP contribution in [0.15, 0.2) is 0 Å². The Hall–Kier alpha value is -1.15. The molecular weight excluding hydrogens is 260 g/mol. The van der Waals surface area contributed by atoms with Crippen LogP contribution in [0.5, 0.6) is 0 Å². The van der Waals surface area contributed by atoms with Crippen LogP contribution in [0, 0.1) is 0 Å². The first-order chi connectivity index (χ1) is 8.17. The van der Waals surface area contributed by atoms with Gasteiger partial charge in [0.05, 0.1) is 18.2 Å². The van der Waals surface area contributed by atoms with E-state index < -0.39 is 27.8 Å². The molecule has 0 aromatic heterocycles. The van der Waals surface area contributed by atoms with Crippen molar-refractivity contribution in [2.75, 3.05) is 25.1 Å². The van der Waals surface area contributed by atoms with Crippen LogP contribution in [0.2, 0.25) is 0 Å². The van der Waals surface area contributed by atoms with E-state index in [0.717, 1.165) is 6.26 Å². The van der Waals surface area contributed by atoms with Crippen LogP contribution in [-0.2, 0) is 19.4 Å². The van der Waals surface area contributed by atoms with E-state index in [-0.39, 0.29) is 25.1 Å². The van der Waals surface area contributed by atoms with Gasteiger partial charge >= 0.3 is 5.97 Å². The molecule has 0 saturated carbocycles. The van der Waals surface area contributed by atoms with Crippen LogP contribution in [0.25, 0.3) is 0 Å². The van der Waals surface area contributed by atoms with Crippen molar-refractivity contribution in [3.8, 4) is 0 Å². The van der Waals surface area contributed by atoms with Gasteiger partial charge in [-0.2, -0.15) is 0 Å². The average molecular weight is 280 g/mol. The van der Waals surface area contributed by atoms with E-state index in [0.29, 0.717) is 6.54 Å². The average Bonchev–Trinajstić information content (AvgIpc) is 2.25. The van der Waals surface area contributed by atoms with Crippen LogP contribution in [0.4, 0.5) is 0 Å². The van der Waals surface area contributed by atoms with E-state index in [9.17, 15) is 18.0 Å². The summed E-state index contributed by atoms with van der Waals surface area (Å²) in [5.41, 5.74) is 5.60. The molecular formula is C10H20N2O5S. The summed E-state index contributed by atoms with van der Waals surface area (Å²) in [6.45, 7) is 2.14. The highest BCUT2D eigenvalue weighted by molar-refractivity contribution is 7.90. The summed E-state index contributed by atoms with van der Waals surface area (Å²) in [6, 6.07) is -0.909. The zero-order chi connectivity index (χ0) is 14.3. The highest BCUT2D eigenvalue weighted by Crippen LogP contribution is 2.01. The third-order valence-electron chi connectivity index (χ3n) is 2.41. The van der Waals surface area contributed by atoms with Crippen LogP contribution >= 0.6 is 0 Å². The number of nitrogens with two attached hydrogens (primary N) is 1. The number of nitrogens with zero attached hydrogens (tertiary/aromatic N) is 1. The molecule has 3 N–H and O–H groups in total. The minimum Gasteiger partial charge on any atom is -0.481 e. The Labute approximate surface area is 107 Å². The molecule has 0 fully saturated rings. The second-order valence-electron chi connectivity index (χ2n) is 4.09. The van der Waals surface area contributed by atoms with Crippen molar-refractivity contribution in [1.29, 1.82) is 0 Å². The fraction of sp³-hybridized carbons (Fsp3) is 0.800. The highest BCUT2D eigenvalue weighted by atomic mass is 32.2. The predicted octanol–water partition coefficient (Wildman–Crippen LogP) is -0.928. The van der Waals surface area contributed by atoms with Crippen LogP contribution in [-0.4, -0.2) is 61.4 Å². The van der Waals surface area contributed by atoms with E-state index >= 15 is 0 Å². The lowest BCUT2D eigenvalue weighted by molar-refractivity contribution is -0.138. The number of carboxylic acids is 1. The number of rotatable bonds is 8. The maximum Gasteiger partial charge on any atom is 0.305 e. The molecule has 0 rings (SSSR count). The number of amides is 1. The number of carbonyl (C=O) groups is 2. The molecule has 0 aromatic rings. The normalized spacial score (nSPS) is 13.1. The first-order valence-corrected chi connectivity index (χ1v) is 7.67. The first-order valence-electron chi connectivity index (χ1n) is 5.61. The summed E-state index contributed by atoms with van der Waals surface area (Å²) in [6.07, 6.45) is 0.964. The highest BCUT2D eigenvalue weighted by Gasteiger charge is 2.21. The van der Waals surface area contributed by atoms with Crippen molar-refractivity contribution in [3.05, 3.63) is 0 Å². The summed E-state index contributed by atoms with van der Waals surface area (Å²) < 4.78 is 21.9. The second kappa shape index (κ2) is 7.32. The summed E-state index contributed by atoms with van der Waals surface area (Å²) in [4.78, 5) is 23.6. The van der Waals surface area contributed by atoms with Crippen molar-refractivity contribution in [3.63, 3.8) is 0 Å². The summed E-state index contributed by atoms with van der Waals surface area (Å²) in [5, 5.41) is 8.54. The molecule has 1 atom stereocenters. The number of sulfone groups is 1. The van der Waals surface area contributed by atoms with Crippen LogP contribution < -0.4 is 5.73 Å². The lowest BCUT2D eigenvalue weighted by Gasteiger charge is -2.23. The Morgan fingerprint density at radius 2 is 1.94 bits per heavy atom. The molecule has 7 nitrogen and oxygen atoms in total. The Balaban J connectivity index is 4.35. The minimum absolute atomic E-state index is 0.0429. The number of carbonyl (C=O) groups excluding carboxylic acids is 1. The Morgan fingerprint density at radius 1 is 1.39 bits per heavy atom. The molecule has 8 heteroatoms. The quantitative estimate of drug-likeness (QED) is 0.593. The van der Waals surface area contributed by atoms with E-state index in [1.807, 2.05) is 0 Å². The number of hydrogen-bond donors (Lipinski definition) is 2. The van der Waals surface area contributed by atoms with Crippen molar-refractivity contribution in [2.45, 2.75) is 25.8 Å². The van der Waals surface area contributed by atoms with E-state index in [2.05, 4.69) is 0 Å².